The van der Waals surface area contributed by atoms with Gasteiger partial charge in [0.15, 0.2) is 5.82 Å². The summed E-state index contributed by atoms with van der Waals surface area (Å²) in [4.78, 5) is 22.4. The number of rotatable bonds is 8. The highest BCUT2D eigenvalue weighted by molar-refractivity contribution is 7.09. The van der Waals surface area contributed by atoms with Crippen LogP contribution in [0.5, 0.6) is 5.75 Å². The number of ether oxygens (including phenoxy) is 1. The summed E-state index contributed by atoms with van der Waals surface area (Å²) in [6.45, 7) is 4.60. The van der Waals surface area contributed by atoms with Gasteiger partial charge in [-0.1, -0.05) is 24.2 Å². The molecule has 3 rings (SSSR count). The predicted molar refractivity (Wildman–Crippen MR) is 107 cm³/mol. The molecule has 0 spiro atoms. The van der Waals surface area contributed by atoms with Gasteiger partial charge in [-0.25, -0.2) is 4.98 Å². The van der Waals surface area contributed by atoms with Gasteiger partial charge in [-0.05, 0) is 30.7 Å². The first kappa shape index (κ1) is 19.8. The number of likely N-dealkylation sites (N-methyl/N-ethyl adjacent to an activating group) is 1. The number of hydrogen-bond donors (Lipinski definition) is 0. The molecule has 0 unspecified atom stereocenters. The van der Waals surface area contributed by atoms with Crippen molar-refractivity contribution in [1.29, 1.82) is 0 Å². The smallest absolute Gasteiger partial charge is 0.246 e. The van der Waals surface area contributed by atoms with Gasteiger partial charge >= 0.3 is 0 Å². The summed E-state index contributed by atoms with van der Waals surface area (Å²) in [6.07, 6.45) is 3.96. The fourth-order valence-corrected chi connectivity index (χ4v) is 3.01. The summed E-state index contributed by atoms with van der Waals surface area (Å²) in [7, 11) is 1.69. The van der Waals surface area contributed by atoms with Crippen molar-refractivity contribution in [3.63, 3.8) is 0 Å². The van der Waals surface area contributed by atoms with Crippen LogP contribution in [0, 0.1) is 6.92 Å². The molecule has 1 amide bonds. The third kappa shape index (κ3) is 5.50. The summed E-state index contributed by atoms with van der Waals surface area (Å²) in [5, 5.41) is 6.84. The lowest BCUT2D eigenvalue weighted by atomic mass is 10.2. The molecule has 7 nitrogen and oxygen atoms in total. The van der Waals surface area contributed by atoms with E-state index in [4.69, 9.17) is 9.26 Å². The Labute approximate surface area is 167 Å². The molecular weight excluding hydrogens is 376 g/mol. The van der Waals surface area contributed by atoms with E-state index in [1.54, 1.807) is 24.5 Å². The Morgan fingerprint density at radius 3 is 2.93 bits per heavy atom. The second kappa shape index (κ2) is 9.27. The van der Waals surface area contributed by atoms with E-state index in [1.807, 2.05) is 43.5 Å². The Bertz CT molecular complexity index is 964. The Morgan fingerprint density at radius 1 is 1.36 bits per heavy atom. The van der Waals surface area contributed by atoms with Crippen molar-refractivity contribution in [2.24, 2.45) is 0 Å². The van der Waals surface area contributed by atoms with Crippen LogP contribution >= 0.6 is 11.3 Å². The third-order valence-electron chi connectivity index (χ3n) is 3.90. The minimum absolute atomic E-state index is 0.152. The van der Waals surface area contributed by atoms with Crippen molar-refractivity contribution >= 4 is 23.3 Å². The van der Waals surface area contributed by atoms with Crippen molar-refractivity contribution in [2.75, 3.05) is 7.05 Å². The van der Waals surface area contributed by atoms with Crippen LogP contribution < -0.4 is 4.74 Å². The SMILES string of the molecule is CCc1noc(CN(C)C(=O)/C=C/c2cccc(OCc3csc(C)n3)c2)n1. The third-order valence-corrected chi connectivity index (χ3v) is 4.73. The number of carbonyl (C=O) groups excluding carboxylic acids is 1. The van der Waals surface area contributed by atoms with Gasteiger partial charge in [-0.2, -0.15) is 4.98 Å². The molecule has 146 valence electrons. The summed E-state index contributed by atoms with van der Waals surface area (Å²) in [5.74, 6) is 1.64. The number of benzene rings is 1. The molecule has 28 heavy (non-hydrogen) atoms. The zero-order valence-electron chi connectivity index (χ0n) is 16.1. The molecule has 3 aromatic rings. The van der Waals surface area contributed by atoms with Gasteiger partial charge < -0.3 is 14.2 Å². The average Bonchev–Trinajstić information content (AvgIpc) is 3.33. The largest absolute Gasteiger partial charge is 0.487 e. The van der Waals surface area contributed by atoms with Gasteiger partial charge in [0.25, 0.3) is 0 Å². The van der Waals surface area contributed by atoms with Crippen LogP contribution in [0.3, 0.4) is 0 Å². The molecule has 0 bridgehead atoms. The summed E-state index contributed by atoms with van der Waals surface area (Å²) in [5.41, 5.74) is 1.78. The quantitative estimate of drug-likeness (QED) is 0.539. The first-order valence-electron chi connectivity index (χ1n) is 8.92. The lowest BCUT2D eigenvalue weighted by molar-refractivity contribution is -0.125. The first-order valence-corrected chi connectivity index (χ1v) is 9.80. The van der Waals surface area contributed by atoms with Crippen LogP contribution in [0.15, 0.2) is 40.2 Å². The van der Waals surface area contributed by atoms with Crippen LogP contribution in [-0.2, 0) is 24.4 Å². The molecule has 0 atom stereocenters. The molecule has 0 aliphatic carbocycles. The Morgan fingerprint density at radius 2 is 2.21 bits per heavy atom. The number of aromatic nitrogens is 3. The maximum atomic E-state index is 12.3. The van der Waals surface area contributed by atoms with E-state index >= 15 is 0 Å². The molecule has 8 heteroatoms. The van der Waals surface area contributed by atoms with Crippen LogP contribution in [0.1, 0.15) is 34.9 Å². The van der Waals surface area contributed by atoms with Gasteiger partial charge in [0.2, 0.25) is 11.8 Å². The Hall–Kier alpha value is -3.00. The maximum absolute atomic E-state index is 12.3. The van der Waals surface area contributed by atoms with Gasteiger partial charge in [0, 0.05) is 24.9 Å². The van der Waals surface area contributed by atoms with Crippen LogP contribution in [0.2, 0.25) is 0 Å². The highest BCUT2D eigenvalue weighted by atomic mass is 32.1. The first-order chi connectivity index (χ1) is 13.5. The molecule has 0 radical (unpaired) electrons. The van der Waals surface area contributed by atoms with Crippen molar-refractivity contribution in [3.8, 4) is 5.75 Å². The molecule has 1 aromatic carbocycles. The van der Waals surface area contributed by atoms with E-state index in [-0.39, 0.29) is 12.5 Å². The van der Waals surface area contributed by atoms with E-state index in [2.05, 4.69) is 15.1 Å². The number of nitrogens with zero attached hydrogens (tertiary/aromatic N) is 4. The van der Waals surface area contributed by atoms with Gasteiger partial charge in [-0.15, -0.1) is 11.3 Å². The topological polar surface area (TPSA) is 81.4 Å². The fourth-order valence-electron chi connectivity index (χ4n) is 2.41. The van der Waals surface area contributed by atoms with E-state index in [0.29, 0.717) is 24.7 Å². The standard InChI is InChI=1S/C20H22N4O3S/c1-4-18-22-19(27-23-18)11-24(3)20(25)9-8-15-6-5-7-17(10-15)26-12-16-13-28-14(2)21-16/h5-10,13H,4,11-12H2,1-3H3/b9-8+. The summed E-state index contributed by atoms with van der Waals surface area (Å²) in [6, 6.07) is 7.56. The second-order valence-corrected chi connectivity index (χ2v) is 7.27. The van der Waals surface area contributed by atoms with Crippen molar-refractivity contribution in [3.05, 3.63) is 63.7 Å². The number of aryl methyl sites for hydroxylation is 2. The number of carbonyl (C=O) groups is 1. The Kier molecular flexibility index (Phi) is 6.54. The van der Waals surface area contributed by atoms with Crippen LogP contribution in [0.25, 0.3) is 6.08 Å². The highest BCUT2D eigenvalue weighted by Crippen LogP contribution is 2.17. The normalized spacial score (nSPS) is 11.1. The van der Waals surface area contributed by atoms with Gasteiger partial charge in [-0.3, -0.25) is 4.79 Å². The minimum Gasteiger partial charge on any atom is -0.487 e. The molecule has 0 saturated heterocycles. The Balaban J connectivity index is 1.55. The molecule has 0 saturated carbocycles. The maximum Gasteiger partial charge on any atom is 0.246 e. The van der Waals surface area contributed by atoms with Crippen molar-refractivity contribution in [2.45, 2.75) is 33.4 Å². The zero-order chi connectivity index (χ0) is 19.9. The molecule has 0 N–H and O–H groups in total. The predicted octanol–water partition coefficient (Wildman–Crippen LogP) is 3.65. The van der Waals surface area contributed by atoms with Gasteiger partial charge in [0.1, 0.15) is 12.4 Å². The van der Waals surface area contributed by atoms with Crippen molar-refractivity contribution < 1.29 is 14.1 Å². The number of thiazole rings is 1. The fraction of sp³-hybridized carbons (Fsp3) is 0.300. The lowest BCUT2D eigenvalue weighted by Gasteiger charge is -2.11. The molecule has 0 aliphatic rings. The van der Waals surface area contributed by atoms with Crippen LogP contribution in [-0.4, -0.2) is 33.0 Å². The van der Waals surface area contributed by atoms with Crippen LogP contribution in [0.4, 0.5) is 0 Å². The van der Waals surface area contributed by atoms with E-state index in [9.17, 15) is 4.79 Å². The molecule has 0 aliphatic heterocycles. The van der Waals surface area contributed by atoms with E-state index in [0.717, 1.165) is 22.0 Å². The zero-order valence-corrected chi connectivity index (χ0v) is 16.9. The summed E-state index contributed by atoms with van der Waals surface area (Å²) < 4.78 is 10.9. The molecular formula is C20H22N4O3S. The van der Waals surface area contributed by atoms with Gasteiger partial charge in [0.05, 0.1) is 17.2 Å². The average molecular weight is 398 g/mol. The lowest BCUT2D eigenvalue weighted by Crippen LogP contribution is -2.24. The molecule has 0 fully saturated rings. The van der Waals surface area contributed by atoms with E-state index < -0.39 is 0 Å². The second-order valence-electron chi connectivity index (χ2n) is 6.20. The highest BCUT2D eigenvalue weighted by Gasteiger charge is 2.11. The van der Waals surface area contributed by atoms with Crippen molar-refractivity contribution in [1.82, 2.24) is 20.0 Å². The monoisotopic (exact) mass is 398 g/mol. The molecule has 2 aromatic heterocycles. The minimum atomic E-state index is -0.152. The molecule has 2 heterocycles. The number of hydrogen-bond acceptors (Lipinski definition) is 7. The van der Waals surface area contributed by atoms with E-state index in [1.165, 1.54) is 11.0 Å². The summed E-state index contributed by atoms with van der Waals surface area (Å²) >= 11 is 1.60. The number of amides is 1.